The Morgan fingerprint density at radius 2 is 1.93 bits per heavy atom. The molecule has 14 heavy (non-hydrogen) atoms. The van der Waals surface area contributed by atoms with Crippen molar-refractivity contribution < 1.29 is 14.9 Å². The van der Waals surface area contributed by atoms with Gasteiger partial charge in [-0.3, -0.25) is 0 Å². The molecule has 0 radical (unpaired) electrons. The third kappa shape index (κ3) is 3.01. The highest BCUT2D eigenvalue weighted by Gasteiger charge is 2.06. The normalized spacial score (nSPS) is 12.5. The number of aliphatic hydroxyl groups excluding tert-OH is 2. The summed E-state index contributed by atoms with van der Waals surface area (Å²) in [6, 6.07) is 7.30. The zero-order chi connectivity index (χ0) is 10.4. The summed E-state index contributed by atoms with van der Waals surface area (Å²) in [7, 11) is 1.61. The highest BCUT2D eigenvalue weighted by Crippen LogP contribution is 2.20. The molecular weight excluding hydrogens is 180 g/mol. The molecule has 0 spiro atoms. The van der Waals surface area contributed by atoms with Crippen LogP contribution < -0.4 is 4.74 Å². The van der Waals surface area contributed by atoms with Gasteiger partial charge in [0.2, 0.25) is 0 Å². The molecule has 1 atom stereocenters. The number of benzene rings is 1. The van der Waals surface area contributed by atoms with E-state index in [2.05, 4.69) is 0 Å². The van der Waals surface area contributed by atoms with E-state index in [9.17, 15) is 5.11 Å². The minimum absolute atomic E-state index is 0.118. The summed E-state index contributed by atoms with van der Waals surface area (Å²) in [6.07, 6.45) is 0.712. The van der Waals surface area contributed by atoms with Crippen LogP contribution in [0.3, 0.4) is 0 Å². The van der Waals surface area contributed by atoms with E-state index >= 15 is 0 Å². The van der Waals surface area contributed by atoms with Gasteiger partial charge in [0.05, 0.1) is 13.2 Å². The lowest BCUT2D eigenvalue weighted by molar-refractivity contribution is 0.152. The Bertz CT molecular complexity index is 256. The summed E-state index contributed by atoms with van der Waals surface area (Å²) in [4.78, 5) is 0. The molecule has 0 aliphatic rings. The van der Waals surface area contributed by atoms with Crippen LogP contribution in [-0.2, 0) is 0 Å². The van der Waals surface area contributed by atoms with Gasteiger partial charge in [-0.05, 0) is 30.5 Å². The van der Waals surface area contributed by atoms with E-state index < -0.39 is 6.10 Å². The van der Waals surface area contributed by atoms with Crippen molar-refractivity contribution >= 4 is 0 Å². The quantitative estimate of drug-likeness (QED) is 0.750. The van der Waals surface area contributed by atoms with E-state index in [1.54, 1.807) is 7.11 Å². The average molecular weight is 196 g/mol. The van der Waals surface area contributed by atoms with Crippen molar-refractivity contribution in [2.75, 3.05) is 13.7 Å². The fourth-order valence-electron chi connectivity index (χ4n) is 1.28. The third-order valence-electron chi connectivity index (χ3n) is 2.14. The van der Waals surface area contributed by atoms with Crippen LogP contribution in [0, 0.1) is 0 Å². The van der Waals surface area contributed by atoms with Crippen LogP contribution in [0.5, 0.6) is 5.75 Å². The Balaban J connectivity index is 2.57. The summed E-state index contributed by atoms with van der Waals surface area (Å²) >= 11 is 0. The van der Waals surface area contributed by atoms with Crippen molar-refractivity contribution in [2.24, 2.45) is 0 Å². The number of hydrogen-bond donors (Lipinski definition) is 2. The molecule has 1 unspecified atom stereocenters. The SMILES string of the molecule is COc1ccc(C(O)CCCO)cc1. The molecule has 0 heterocycles. The molecule has 2 N–H and O–H groups in total. The molecule has 1 aromatic rings. The van der Waals surface area contributed by atoms with Gasteiger partial charge in [0, 0.05) is 6.61 Å². The zero-order valence-corrected chi connectivity index (χ0v) is 8.31. The van der Waals surface area contributed by atoms with Gasteiger partial charge in [-0.15, -0.1) is 0 Å². The van der Waals surface area contributed by atoms with Crippen LogP contribution >= 0.6 is 0 Å². The van der Waals surface area contributed by atoms with E-state index in [0.29, 0.717) is 12.8 Å². The maximum atomic E-state index is 9.66. The third-order valence-corrected chi connectivity index (χ3v) is 2.14. The Morgan fingerprint density at radius 3 is 2.43 bits per heavy atom. The van der Waals surface area contributed by atoms with Gasteiger partial charge in [0.15, 0.2) is 0 Å². The highest BCUT2D eigenvalue weighted by atomic mass is 16.5. The molecule has 0 amide bonds. The van der Waals surface area contributed by atoms with Crippen molar-refractivity contribution in [3.05, 3.63) is 29.8 Å². The first-order valence-electron chi connectivity index (χ1n) is 4.71. The van der Waals surface area contributed by atoms with E-state index in [0.717, 1.165) is 11.3 Å². The first-order chi connectivity index (χ1) is 6.77. The van der Waals surface area contributed by atoms with Gasteiger partial charge in [0.25, 0.3) is 0 Å². The zero-order valence-electron chi connectivity index (χ0n) is 8.31. The van der Waals surface area contributed by atoms with Crippen molar-refractivity contribution in [1.29, 1.82) is 0 Å². The summed E-state index contributed by atoms with van der Waals surface area (Å²) in [5, 5.41) is 18.3. The smallest absolute Gasteiger partial charge is 0.118 e. The molecule has 0 fully saturated rings. The standard InChI is InChI=1S/C11H16O3/c1-14-10-6-4-9(5-7-10)11(13)3-2-8-12/h4-7,11-13H,2-3,8H2,1H3. The molecule has 0 saturated carbocycles. The molecule has 3 heteroatoms. The van der Waals surface area contributed by atoms with Gasteiger partial charge in [-0.1, -0.05) is 12.1 Å². The van der Waals surface area contributed by atoms with Crippen LogP contribution in [0.1, 0.15) is 24.5 Å². The maximum absolute atomic E-state index is 9.66. The molecule has 0 aromatic heterocycles. The topological polar surface area (TPSA) is 49.7 Å². The van der Waals surface area contributed by atoms with E-state index in [1.807, 2.05) is 24.3 Å². The van der Waals surface area contributed by atoms with E-state index in [4.69, 9.17) is 9.84 Å². The summed E-state index contributed by atoms with van der Waals surface area (Å²) in [5.41, 5.74) is 0.860. The lowest BCUT2D eigenvalue weighted by Gasteiger charge is -2.10. The average Bonchev–Trinajstić information content (AvgIpc) is 2.26. The van der Waals surface area contributed by atoms with E-state index in [-0.39, 0.29) is 6.61 Å². The molecule has 0 aliphatic heterocycles. The van der Waals surface area contributed by atoms with Crippen molar-refractivity contribution in [3.63, 3.8) is 0 Å². The van der Waals surface area contributed by atoms with Crippen molar-refractivity contribution in [2.45, 2.75) is 18.9 Å². The second-order valence-corrected chi connectivity index (χ2v) is 3.15. The number of ether oxygens (including phenoxy) is 1. The van der Waals surface area contributed by atoms with Gasteiger partial charge >= 0.3 is 0 Å². The Hall–Kier alpha value is -1.06. The number of rotatable bonds is 5. The van der Waals surface area contributed by atoms with Crippen molar-refractivity contribution in [1.82, 2.24) is 0 Å². The Labute approximate surface area is 84.0 Å². The predicted octanol–water partition coefficient (Wildman–Crippen LogP) is 1.50. The van der Waals surface area contributed by atoms with Gasteiger partial charge < -0.3 is 14.9 Å². The van der Waals surface area contributed by atoms with Crippen molar-refractivity contribution in [3.8, 4) is 5.75 Å². The van der Waals surface area contributed by atoms with Gasteiger partial charge in [-0.2, -0.15) is 0 Å². The molecule has 0 aliphatic carbocycles. The van der Waals surface area contributed by atoms with Gasteiger partial charge in [-0.25, -0.2) is 0 Å². The Kier molecular flexibility index (Phi) is 4.43. The molecular formula is C11H16O3. The first kappa shape index (κ1) is 11.0. The second kappa shape index (κ2) is 5.62. The molecule has 1 aromatic carbocycles. The van der Waals surface area contributed by atoms with Crippen LogP contribution in [0.25, 0.3) is 0 Å². The summed E-state index contributed by atoms with van der Waals surface area (Å²) in [6.45, 7) is 0.118. The fraction of sp³-hybridized carbons (Fsp3) is 0.455. The number of methoxy groups -OCH3 is 1. The van der Waals surface area contributed by atoms with Gasteiger partial charge in [0.1, 0.15) is 5.75 Å². The monoisotopic (exact) mass is 196 g/mol. The minimum atomic E-state index is -0.493. The molecule has 3 nitrogen and oxygen atoms in total. The fourth-order valence-corrected chi connectivity index (χ4v) is 1.28. The van der Waals surface area contributed by atoms with Crippen LogP contribution in [0.2, 0.25) is 0 Å². The molecule has 78 valence electrons. The lowest BCUT2D eigenvalue weighted by Crippen LogP contribution is -1.98. The van der Waals surface area contributed by atoms with E-state index in [1.165, 1.54) is 0 Å². The maximum Gasteiger partial charge on any atom is 0.118 e. The summed E-state index contributed by atoms with van der Waals surface area (Å²) < 4.78 is 5.01. The molecule has 0 saturated heterocycles. The Morgan fingerprint density at radius 1 is 1.29 bits per heavy atom. The molecule has 0 bridgehead atoms. The number of aliphatic hydroxyl groups is 2. The van der Waals surface area contributed by atoms with Crippen LogP contribution in [0.4, 0.5) is 0 Å². The van der Waals surface area contributed by atoms with Crippen LogP contribution in [-0.4, -0.2) is 23.9 Å². The largest absolute Gasteiger partial charge is 0.497 e. The predicted molar refractivity (Wildman–Crippen MR) is 54.3 cm³/mol. The van der Waals surface area contributed by atoms with Crippen LogP contribution in [0.15, 0.2) is 24.3 Å². The lowest BCUT2D eigenvalue weighted by atomic mass is 10.1. The highest BCUT2D eigenvalue weighted by molar-refractivity contribution is 5.28. The molecule has 1 rings (SSSR count). The second-order valence-electron chi connectivity index (χ2n) is 3.15. The first-order valence-corrected chi connectivity index (χ1v) is 4.71. The summed E-state index contributed by atoms with van der Waals surface area (Å²) in [5.74, 6) is 0.781. The minimum Gasteiger partial charge on any atom is -0.497 e. The number of hydrogen-bond acceptors (Lipinski definition) is 3.